The van der Waals surface area contributed by atoms with Crippen LogP contribution in [-0.4, -0.2) is 60.0 Å². The minimum atomic E-state index is -0.0451. The molecule has 1 fully saturated rings. The molecule has 2 aromatic carbocycles. The van der Waals surface area contributed by atoms with E-state index < -0.39 is 0 Å². The van der Waals surface area contributed by atoms with Gasteiger partial charge in [0.15, 0.2) is 5.13 Å². The Kier molecular flexibility index (Phi) is 8.24. The molecule has 0 atom stereocenters. The van der Waals surface area contributed by atoms with Gasteiger partial charge >= 0.3 is 0 Å². The second kappa shape index (κ2) is 11.8. The molecule has 0 radical (unpaired) electrons. The number of amides is 1. The highest BCUT2D eigenvalue weighted by Crippen LogP contribution is 2.31. The highest BCUT2D eigenvalue weighted by atomic mass is 35.5. The molecule has 0 unspecified atom stereocenters. The number of pyridine rings is 1. The van der Waals surface area contributed by atoms with Crippen LogP contribution in [0.4, 0.5) is 5.13 Å². The van der Waals surface area contributed by atoms with Gasteiger partial charge in [-0.2, -0.15) is 0 Å². The first-order valence-corrected chi connectivity index (χ1v) is 14.5. The molecule has 3 aromatic heterocycles. The molecule has 0 saturated carbocycles. The Balaban J connectivity index is 0.00000294. The standard InChI is InChI=1S/C29H29N5OS2.ClH/c1-2-20-7-5-10-26-27(20)32-29(37-26)34-16-14-33(15-17-34)13-12-30-28(35)22-19-24(25-11-6-18-36-25)31-23-9-4-3-8-21(22)23;/h3-11,18-19H,2,12-17H2,1H3,(H,30,35);1H. The van der Waals surface area contributed by atoms with E-state index in [1.54, 1.807) is 22.7 Å². The summed E-state index contributed by atoms with van der Waals surface area (Å²) in [5.41, 5.74) is 4.84. The minimum absolute atomic E-state index is 0. The predicted octanol–water partition coefficient (Wildman–Crippen LogP) is 6.11. The topological polar surface area (TPSA) is 61.4 Å². The van der Waals surface area contributed by atoms with Crippen molar-refractivity contribution < 1.29 is 4.79 Å². The van der Waals surface area contributed by atoms with Gasteiger partial charge in [-0.3, -0.25) is 9.69 Å². The number of nitrogens with one attached hydrogen (secondary N) is 1. The van der Waals surface area contributed by atoms with Crippen LogP contribution in [0.3, 0.4) is 0 Å². The van der Waals surface area contributed by atoms with E-state index in [1.807, 2.05) is 47.8 Å². The average molecular weight is 564 g/mol. The van der Waals surface area contributed by atoms with Crippen LogP contribution >= 0.6 is 35.1 Å². The lowest BCUT2D eigenvalue weighted by molar-refractivity contribution is 0.0949. The summed E-state index contributed by atoms with van der Waals surface area (Å²) < 4.78 is 1.27. The number of nitrogens with zero attached hydrogens (tertiary/aromatic N) is 4. The van der Waals surface area contributed by atoms with E-state index in [4.69, 9.17) is 9.97 Å². The van der Waals surface area contributed by atoms with Crippen LogP contribution in [0, 0.1) is 0 Å². The van der Waals surface area contributed by atoms with Gasteiger partial charge in [0.2, 0.25) is 0 Å². The van der Waals surface area contributed by atoms with Crippen molar-refractivity contribution in [1.29, 1.82) is 0 Å². The molecular weight excluding hydrogens is 534 g/mol. The summed E-state index contributed by atoms with van der Waals surface area (Å²) in [4.78, 5) is 28.9. The number of anilines is 1. The molecule has 6 rings (SSSR count). The lowest BCUT2D eigenvalue weighted by Gasteiger charge is -2.34. The molecule has 6 nitrogen and oxygen atoms in total. The lowest BCUT2D eigenvalue weighted by Crippen LogP contribution is -2.48. The highest BCUT2D eigenvalue weighted by Gasteiger charge is 2.21. The number of thiazole rings is 1. The van der Waals surface area contributed by atoms with E-state index in [2.05, 4.69) is 40.2 Å². The Morgan fingerprint density at radius 1 is 1.00 bits per heavy atom. The Morgan fingerprint density at radius 3 is 2.63 bits per heavy atom. The fourth-order valence-corrected chi connectivity index (χ4v) is 6.67. The number of rotatable bonds is 7. The Bertz CT molecular complexity index is 1540. The average Bonchev–Trinajstić information content (AvgIpc) is 3.63. The molecule has 1 N–H and O–H groups in total. The van der Waals surface area contributed by atoms with E-state index in [9.17, 15) is 4.79 Å². The normalized spacial score (nSPS) is 14.1. The molecule has 9 heteroatoms. The second-order valence-electron chi connectivity index (χ2n) is 9.25. The van der Waals surface area contributed by atoms with Gasteiger partial charge in [-0.1, -0.05) is 54.7 Å². The minimum Gasteiger partial charge on any atom is -0.351 e. The Morgan fingerprint density at radius 2 is 1.84 bits per heavy atom. The van der Waals surface area contributed by atoms with Crippen LogP contribution in [0.5, 0.6) is 0 Å². The number of benzene rings is 2. The number of carbonyl (C=O) groups excluding carboxylic acids is 1. The maximum atomic E-state index is 13.2. The van der Waals surface area contributed by atoms with Gasteiger partial charge in [-0.05, 0) is 41.6 Å². The van der Waals surface area contributed by atoms with Crippen LogP contribution in [0.2, 0.25) is 0 Å². The van der Waals surface area contributed by atoms with E-state index in [0.717, 1.165) is 71.3 Å². The molecule has 38 heavy (non-hydrogen) atoms. The van der Waals surface area contributed by atoms with E-state index in [-0.39, 0.29) is 18.3 Å². The monoisotopic (exact) mass is 563 g/mol. The zero-order valence-electron chi connectivity index (χ0n) is 21.2. The molecule has 1 aliphatic rings. The first-order chi connectivity index (χ1) is 18.2. The molecule has 4 heterocycles. The number of thiophene rings is 1. The number of halogens is 1. The molecule has 0 bridgehead atoms. The van der Waals surface area contributed by atoms with Crippen LogP contribution in [0.1, 0.15) is 22.8 Å². The SMILES string of the molecule is CCc1cccc2sc(N3CCN(CCNC(=O)c4cc(-c5cccs5)nc5ccccc45)CC3)nc12.Cl. The largest absolute Gasteiger partial charge is 0.351 e. The van der Waals surface area contributed by atoms with Gasteiger partial charge in [0.25, 0.3) is 5.91 Å². The van der Waals surface area contributed by atoms with Crippen molar-refractivity contribution in [3.8, 4) is 10.6 Å². The van der Waals surface area contributed by atoms with Crippen LogP contribution < -0.4 is 10.2 Å². The van der Waals surface area contributed by atoms with E-state index in [0.29, 0.717) is 12.1 Å². The van der Waals surface area contributed by atoms with Crippen molar-refractivity contribution in [3.63, 3.8) is 0 Å². The molecular formula is C29H30ClN5OS2. The smallest absolute Gasteiger partial charge is 0.252 e. The third kappa shape index (κ3) is 5.40. The van der Waals surface area contributed by atoms with Crippen LogP contribution in [0.15, 0.2) is 66.0 Å². The van der Waals surface area contributed by atoms with Gasteiger partial charge in [0.05, 0.1) is 31.9 Å². The molecule has 5 aromatic rings. The zero-order valence-corrected chi connectivity index (χ0v) is 23.7. The van der Waals surface area contributed by atoms with Gasteiger partial charge < -0.3 is 10.2 Å². The number of para-hydroxylation sites is 2. The van der Waals surface area contributed by atoms with Crippen LogP contribution in [-0.2, 0) is 6.42 Å². The maximum Gasteiger partial charge on any atom is 0.252 e. The molecule has 196 valence electrons. The zero-order chi connectivity index (χ0) is 25.2. The molecule has 1 amide bonds. The predicted molar refractivity (Wildman–Crippen MR) is 162 cm³/mol. The Hall–Kier alpha value is -3.04. The third-order valence-corrected chi connectivity index (χ3v) is 8.94. The number of hydrogen-bond donors (Lipinski definition) is 1. The van der Waals surface area contributed by atoms with Crippen molar-refractivity contribution in [2.24, 2.45) is 0 Å². The van der Waals surface area contributed by atoms with Crippen molar-refractivity contribution >= 4 is 67.2 Å². The van der Waals surface area contributed by atoms with Crippen molar-refractivity contribution in [1.82, 2.24) is 20.2 Å². The number of piperazine rings is 1. The molecule has 1 aliphatic heterocycles. The van der Waals surface area contributed by atoms with E-state index >= 15 is 0 Å². The van der Waals surface area contributed by atoms with Crippen molar-refractivity contribution in [3.05, 3.63) is 77.2 Å². The van der Waals surface area contributed by atoms with Crippen molar-refractivity contribution in [2.75, 3.05) is 44.2 Å². The molecule has 0 aliphatic carbocycles. The van der Waals surface area contributed by atoms with Gasteiger partial charge in [0.1, 0.15) is 0 Å². The number of hydrogen-bond acceptors (Lipinski definition) is 7. The highest BCUT2D eigenvalue weighted by molar-refractivity contribution is 7.22. The summed E-state index contributed by atoms with van der Waals surface area (Å²) in [5, 5.41) is 7.19. The summed E-state index contributed by atoms with van der Waals surface area (Å²) >= 11 is 3.42. The van der Waals surface area contributed by atoms with Gasteiger partial charge in [-0.15, -0.1) is 23.7 Å². The van der Waals surface area contributed by atoms with Gasteiger partial charge in [-0.25, -0.2) is 9.97 Å². The summed E-state index contributed by atoms with van der Waals surface area (Å²) in [6.07, 6.45) is 1.00. The van der Waals surface area contributed by atoms with Crippen molar-refractivity contribution in [2.45, 2.75) is 13.3 Å². The third-order valence-electron chi connectivity index (χ3n) is 6.96. The first-order valence-electron chi connectivity index (χ1n) is 12.8. The number of aromatic nitrogens is 2. The Labute approximate surface area is 236 Å². The second-order valence-corrected chi connectivity index (χ2v) is 11.2. The van der Waals surface area contributed by atoms with Crippen LogP contribution in [0.25, 0.3) is 31.7 Å². The number of aryl methyl sites for hydroxylation is 1. The quantitative estimate of drug-likeness (QED) is 0.259. The summed E-state index contributed by atoms with van der Waals surface area (Å²) in [6, 6.07) is 20.3. The summed E-state index contributed by atoms with van der Waals surface area (Å²) in [7, 11) is 0. The maximum absolute atomic E-state index is 13.2. The van der Waals surface area contributed by atoms with E-state index in [1.165, 1.54) is 10.3 Å². The summed E-state index contributed by atoms with van der Waals surface area (Å²) in [6.45, 7) is 7.47. The molecule has 1 saturated heterocycles. The fourth-order valence-electron chi connectivity index (χ4n) is 4.91. The molecule has 0 spiro atoms. The first kappa shape index (κ1) is 26.6. The lowest BCUT2D eigenvalue weighted by atomic mass is 10.1. The fraction of sp³-hybridized carbons (Fsp3) is 0.276. The van der Waals surface area contributed by atoms with Gasteiger partial charge in [0, 0.05) is 44.7 Å². The summed E-state index contributed by atoms with van der Waals surface area (Å²) in [5.74, 6) is -0.0451. The number of carbonyl (C=O) groups is 1. The number of fused-ring (bicyclic) bond motifs is 2.